The van der Waals surface area contributed by atoms with Crippen molar-refractivity contribution < 1.29 is 19.1 Å². The highest BCUT2D eigenvalue weighted by atomic mass is 35.5. The van der Waals surface area contributed by atoms with Crippen LogP contribution in [0.25, 0.3) is 11.3 Å². The lowest BCUT2D eigenvalue weighted by Crippen LogP contribution is -2.14. The van der Waals surface area contributed by atoms with E-state index in [0.717, 1.165) is 21.7 Å². The summed E-state index contributed by atoms with van der Waals surface area (Å²) in [4.78, 5) is 30.2. The number of rotatable bonds is 10. The number of thiazole rings is 1. The standard InChI is InChI=1S/C27H24ClN3O4S2/c1-34-23-12-5-18(14-24(23)35-2)22-15-37-27(30-22)31-26(33)16-36-21-10-8-20(9-11-21)29-25(32)13-17-3-6-19(28)7-4-17/h3-12,14-15H,13,16H2,1-2H3,(H,29,32)(H,30,31,33). The highest BCUT2D eigenvalue weighted by molar-refractivity contribution is 8.00. The van der Waals surface area contributed by atoms with Crippen LogP contribution in [0.5, 0.6) is 11.5 Å². The van der Waals surface area contributed by atoms with Crippen LogP contribution in [0.1, 0.15) is 5.56 Å². The average molecular weight is 554 g/mol. The number of benzene rings is 3. The first-order valence-electron chi connectivity index (χ1n) is 11.2. The van der Waals surface area contributed by atoms with Gasteiger partial charge in [0.2, 0.25) is 11.8 Å². The van der Waals surface area contributed by atoms with Gasteiger partial charge in [0.25, 0.3) is 0 Å². The van der Waals surface area contributed by atoms with E-state index < -0.39 is 0 Å². The summed E-state index contributed by atoms with van der Waals surface area (Å²) in [6.07, 6.45) is 0.262. The summed E-state index contributed by atoms with van der Waals surface area (Å²) in [5, 5.41) is 8.76. The van der Waals surface area contributed by atoms with Crippen LogP contribution in [0.4, 0.5) is 10.8 Å². The van der Waals surface area contributed by atoms with Gasteiger partial charge in [-0.05, 0) is 60.2 Å². The summed E-state index contributed by atoms with van der Waals surface area (Å²) in [5.74, 6) is 1.21. The third kappa shape index (κ3) is 7.48. The molecule has 0 unspecified atom stereocenters. The van der Waals surface area contributed by atoms with Crippen LogP contribution in [0.15, 0.2) is 77.0 Å². The van der Waals surface area contributed by atoms with Gasteiger partial charge in [-0.2, -0.15) is 0 Å². The van der Waals surface area contributed by atoms with Gasteiger partial charge in [0.15, 0.2) is 16.6 Å². The molecule has 2 amide bonds. The fourth-order valence-corrected chi connectivity index (χ4v) is 4.95. The monoisotopic (exact) mass is 553 g/mol. The molecule has 0 aliphatic rings. The maximum atomic E-state index is 12.5. The Hall–Kier alpha value is -3.53. The van der Waals surface area contributed by atoms with Gasteiger partial charge >= 0.3 is 0 Å². The maximum absolute atomic E-state index is 12.5. The number of hydrogen-bond acceptors (Lipinski definition) is 7. The van der Waals surface area contributed by atoms with E-state index in [2.05, 4.69) is 15.6 Å². The van der Waals surface area contributed by atoms with E-state index in [1.54, 1.807) is 26.4 Å². The normalized spacial score (nSPS) is 10.6. The van der Waals surface area contributed by atoms with Crippen molar-refractivity contribution in [2.45, 2.75) is 11.3 Å². The smallest absolute Gasteiger partial charge is 0.236 e. The second-order valence-electron chi connectivity index (χ2n) is 7.82. The molecule has 7 nitrogen and oxygen atoms in total. The summed E-state index contributed by atoms with van der Waals surface area (Å²) in [6, 6.07) is 20.1. The number of methoxy groups -OCH3 is 2. The van der Waals surface area contributed by atoms with Crippen molar-refractivity contribution in [3.63, 3.8) is 0 Å². The molecule has 4 rings (SSSR count). The van der Waals surface area contributed by atoms with Gasteiger partial charge in [-0.3, -0.25) is 9.59 Å². The number of ether oxygens (including phenoxy) is 2. The summed E-state index contributed by atoms with van der Waals surface area (Å²) in [6.45, 7) is 0. The highest BCUT2D eigenvalue weighted by Gasteiger charge is 2.12. The number of halogens is 1. The van der Waals surface area contributed by atoms with Crippen LogP contribution < -0.4 is 20.1 Å². The van der Waals surface area contributed by atoms with E-state index in [1.165, 1.54) is 23.1 Å². The largest absolute Gasteiger partial charge is 0.493 e. The Kier molecular flexibility index (Phi) is 9.05. The molecule has 0 aliphatic carbocycles. The van der Waals surface area contributed by atoms with Crippen LogP contribution >= 0.6 is 34.7 Å². The molecule has 0 saturated heterocycles. The molecule has 1 heterocycles. The van der Waals surface area contributed by atoms with E-state index in [0.29, 0.717) is 27.3 Å². The minimum absolute atomic E-state index is 0.113. The minimum atomic E-state index is -0.154. The molecular weight excluding hydrogens is 530 g/mol. The lowest BCUT2D eigenvalue weighted by atomic mass is 10.1. The molecule has 0 saturated carbocycles. The number of carbonyl (C=O) groups excluding carboxylic acids is 2. The molecule has 2 N–H and O–H groups in total. The highest BCUT2D eigenvalue weighted by Crippen LogP contribution is 2.33. The number of nitrogens with zero attached hydrogens (tertiary/aromatic N) is 1. The lowest BCUT2D eigenvalue weighted by molar-refractivity contribution is -0.115. The predicted octanol–water partition coefficient (Wildman–Crippen LogP) is 6.39. The van der Waals surface area contributed by atoms with Crippen molar-refractivity contribution in [1.82, 2.24) is 4.98 Å². The second-order valence-corrected chi connectivity index (χ2v) is 10.2. The molecule has 3 aromatic carbocycles. The molecule has 0 fully saturated rings. The Morgan fingerprint density at radius 1 is 0.919 bits per heavy atom. The molecule has 1 aromatic heterocycles. The first kappa shape index (κ1) is 26.5. The summed E-state index contributed by atoms with van der Waals surface area (Å²) < 4.78 is 10.6. The summed E-state index contributed by atoms with van der Waals surface area (Å²) in [7, 11) is 3.17. The van der Waals surface area contributed by atoms with Crippen LogP contribution in [-0.4, -0.2) is 36.8 Å². The molecule has 190 valence electrons. The van der Waals surface area contributed by atoms with Crippen molar-refractivity contribution in [2.24, 2.45) is 0 Å². The fraction of sp³-hybridized carbons (Fsp3) is 0.148. The van der Waals surface area contributed by atoms with Crippen molar-refractivity contribution in [2.75, 3.05) is 30.6 Å². The van der Waals surface area contributed by atoms with Crippen LogP contribution in [0.3, 0.4) is 0 Å². The van der Waals surface area contributed by atoms with Crippen molar-refractivity contribution in [3.05, 3.63) is 82.7 Å². The Morgan fingerprint density at radius 3 is 2.35 bits per heavy atom. The second kappa shape index (κ2) is 12.6. The van der Waals surface area contributed by atoms with Crippen LogP contribution in [0, 0.1) is 0 Å². The van der Waals surface area contributed by atoms with E-state index in [9.17, 15) is 9.59 Å². The number of amides is 2. The Labute approximate surface area is 228 Å². The van der Waals surface area contributed by atoms with Gasteiger partial charge in [0.05, 0.1) is 32.1 Å². The zero-order valence-corrected chi connectivity index (χ0v) is 22.5. The van der Waals surface area contributed by atoms with Crippen molar-refractivity contribution >= 4 is 57.3 Å². The molecule has 4 aromatic rings. The molecule has 37 heavy (non-hydrogen) atoms. The Morgan fingerprint density at radius 2 is 1.65 bits per heavy atom. The zero-order chi connectivity index (χ0) is 26.2. The number of nitrogens with one attached hydrogen (secondary N) is 2. The first-order valence-corrected chi connectivity index (χ1v) is 13.4. The molecule has 0 atom stereocenters. The molecule has 0 radical (unpaired) electrons. The SMILES string of the molecule is COc1ccc(-c2csc(NC(=O)CSc3ccc(NC(=O)Cc4ccc(Cl)cc4)cc3)n2)cc1OC. The third-order valence-electron chi connectivity index (χ3n) is 5.22. The molecular formula is C27H24ClN3O4S2. The fourth-order valence-electron chi connectivity index (χ4n) is 3.39. The number of hydrogen-bond donors (Lipinski definition) is 2. The minimum Gasteiger partial charge on any atom is -0.493 e. The van der Waals surface area contributed by atoms with Gasteiger partial charge in [-0.25, -0.2) is 4.98 Å². The van der Waals surface area contributed by atoms with E-state index in [4.69, 9.17) is 21.1 Å². The van der Waals surface area contributed by atoms with Gasteiger partial charge < -0.3 is 20.1 Å². The zero-order valence-electron chi connectivity index (χ0n) is 20.1. The first-order chi connectivity index (χ1) is 17.9. The maximum Gasteiger partial charge on any atom is 0.236 e. The van der Waals surface area contributed by atoms with Gasteiger partial charge in [-0.1, -0.05) is 23.7 Å². The lowest BCUT2D eigenvalue weighted by Gasteiger charge is -2.08. The Balaban J connectivity index is 1.25. The van der Waals surface area contributed by atoms with Gasteiger partial charge in [-0.15, -0.1) is 23.1 Å². The molecule has 0 aliphatic heterocycles. The Bertz CT molecular complexity index is 1380. The van der Waals surface area contributed by atoms with E-state index in [1.807, 2.05) is 60.0 Å². The number of carbonyl (C=O) groups is 2. The van der Waals surface area contributed by atoms with Gasteiger partial charge in [0.1, 0.15) is 0 Å². The predicted molar refractivity (Wildman–Crippen MR) is 150 cm³/mol. The summed E-state index contributed by atoms with van der Waals surface area (Å²) in [5.41, 5.74) is 3.18. The molecule has 0 bridgehead atoms. The quantitative estimate of drug-likeness (QED) is 0.221. The summed E-state index contributed by atoms with van der Waals surface area (Å²) >= 11 is 8.64. The number of thioether (sulfide) groups is 1. The molecule has 0 spiro atoms. The van der Waals surface area contributed by atoms with E-state index in [-0.39, 0.29) is 24.0 Å². The van der Waals surface area contributed by atoms with Crippen molar-refractivity contribution in [1.29, 1.82) is 0 Å². The number of anilines is 2. The average Bonchev–Trinajstić information content (AvgIpc) is 3.37. The number of aromatic nitrogens is 1. The third-order valence-corrected chi connectivity index (χ3v) is 7.24. The van der Waals surface area contributed by atoms with Crippen LogP contribution in [0.2, 0.25) is 5.02 Å². The van der Waals surface area contributed by atoms with Crippen LogP contribution in [-0.2, 0) is 16.0 Å². The topological polar surface area (TPSA) is 89.6 Å². The van der Waals surface area contributed by atoms with Gasteiger partial charge in [0, 0.05) is 26.5 Å². The van der Waals surface area contributed by atoms with Crippen molar-refractivity contribution in [3.8, 4) is 22.8 Å². The molecule has 10 heteroatoms. The van der Waals surface area contributed by atoms with E-state index >= 15 is 0 Å².